The molecular formula is C17H24N2O2. The molecular weight excluding hydrogens is 264 g/mol. The van der Waals surface area contributed by atoms with Gasteiger partial charge in [0, 0.05) is 13.1 Å². The fourth-order valence-corrected chi connectivity index (χ4v) is 2.64. The van der Waals surface area contributed by atoms with E-state index in [2.05, 4.69) is 27.7 Å². The van der Waals surface area contributed by atoms with Crippen LogP contribution >= 0.6 is 0 Å². The molecule has 0 saturated carbocycles. The lowest BCUT2D eigenvalue weighted by Gasteiger charge is -2.27. The summed E-state index contributed by atoms with van der Waals surface area (Å²) < 4.78 is 0. The molecule has 4 heteroatoms. The van der Waals surface area contributed by atoms with Crippen molar-refractivity contribution in [3.63, 3.8) is 0 Å². The number of hydrogen-bond acceptors (Lipinski definition) is 2. The Morgan fingerprint density at radius 2 is 1.24 bits per heavy atom. The molecule has 2 amide bonds. The van der Waals surface area contributed by atoms with Gasteiger partial charge in [0.15, 0.2) is 0 Å². The molecule has 0 saturated heterocycles. The molecule has 0 aromatic heterocycles. The molecule has 0 radical (unpaired) electrons. The number of hydrogen-bond donors (Lipinski definition) is 0. The van der Waals surface area contributed by atoms with Gasteiger partial charge in [-0.3, -0.25) is 9.59 Å². The summed E-state index contributed by atoms with van der Waals surface area (Å²) in [6, 6.07) is 7.70. The van der Waals surface area contributed by atoms with Crippen molar-refractivity contribution >= 4 is 23.2 Å². The quantitative estimate of drug-likeness (QED) is 0.799. The first-order valence-corrected chi connectivity index (χ1v) is 7.60. The van der Waals surface area contributed by atoms with E-state index in [4.69, 9.17) is 0 Å². The minimum absolute atomic E-state index is 0.0475. The van der Waals surface area contributed by atoms with Gasteiger partial charge in [0.05, 0.1) is 11.4 Å². The SMILES string of the molecule is CC(C)CN1C(=O)CC(=O)N(CC(C)C)c2ccccc21. The van der Waals surface area contributed by atoms with Gasteiger partial charge < -0.3 is 9.80 Å². The van der Waals surface area contributed by atoms with Crippen molar-refractivity contribution in [1.29, 1.82) is 0 Å². The van der Waals surface area contributed by atoms with Gasteiger partial charge in [0.1, 0.15) is 6.42 Å². The number of carbonyl (C=O) groups excluding carboxylic acids is 2. The topological polar surface area (TPSA) is 40.6 Å². The smallest absolute Gasteiger partial charge is 0.236 e. The second kappa shape index (κ2) is 6.29. The van der Waals surface area contributed by atoms with Crippen LogP contribution in [0.5, 0.6) is 0 Å². The molecule has 0 atom stereocenters. The summed E-state index contributed by atoms with van der Waals surface area (Å²) in [7, 11) is 0. The Labute approximate surface area is 126 Å². The van der Waals surface area contributed by atoms with Crippen molar-refractivity contribution in [2.75, 3.05) is 22.9 Å². The van der Waals surface area contributed by atoms with Crippen molar-refractivity contribution in [3.05, 3.63) is 24.3 Å². The Hall–Kier alpha value is -1.84. The van der Waals surface area contributed by atoms with Gasteiger partial charge in [0.2, 0.25) is 11.8 Å². The second-order valence-electron chi connectivity index (χ2n) is 6.46. The summed E-state index contributed by atoms with van der Waals surface area (Å²) >= 11 is 0. The highest BCUT2D eigenvalue weighted by Gasteiger charge is 2.31. The average molecular weight is 288 g/mol. The maximum absolute atomic E-state index is 12.4. The molecule has 1 aliphatic heterocycles. The van der Waals surface area contributed by atoms with Gasteiger partial charge in [-0.1, -0.05) is 39.8 Å². The monoisotopic (exact) mass is 288 g/mol. The van der Waals surface area contributed by atoms with Crippen LogP contribution in [0, 0.1) is 11.8 Å². The van der Waals surface area contributed by atoms with Crippen LogP contribution in [0.1, 0.15) is 34.1 Å². The minimum atomic E-state index is -0.104. The summed E-state index contributed by atoms with van der Waals surface area (Å²) in [5.41, 5.74) is 1.70. The van der Waals surface area contributed by atoms with Crippen LogP contribution in [0.3, 0.4) is 0 Å². The third-order valence-corrected chi connectivity index (χ3v) is 3.46. The van der Waals surface area contributed by atoms with Crippen molar-refractivity contribution in [2.45, 2.75) is 34.1 Å². The Balaban J connectivity index is 2.48. The van der Waals surface area contributed by atoms with Crippen molar-refractivity contribution in [2.24, 2.45) is 11.8 Å². The van der Waals surface area contributed by atoms with E-state index in [-0.39, 0.29) is 18.2 Å². The number of fused-ring (bicyclic) bond motifs is 1. The van der Waals surface area contributed by atoms with Gasteiger partial charge >= 0.3 is 0 Å². The number of nitrogens with zero attached hydrogens (tertiary/aromatic N) is 2. The van der Waals surface area contributed by atoms with E-state index in [1.807, 2.05) is 24.3 Å². The van der Waals surface area contributed by atoms with Crippen LogP contribution in [-0.4, -0.2) is 24.9 Å². The van der Waals surface area contributed by atoms with Crippen LogP contribution < -0.4 is 9.80 Å². The van der Waals surface area contributed by atoms with E-state index in [1.165, 1.54) is 0 Å². The van der Waals surface area contributed by atoms with Crippen LogP contribution in [-0.2, 0) is 9.59 Å². The molecule has 1 heterocycles. The third-order valence-electron chi connectivity index (χ3n) is 3.46. The number of benzene rings is 1. The Morgan fingerprint density at radius 3 is 1.57 bits per heavy atom. The largest absolute Gasteiger partial charge is 0.310 e. The molecule has 21 heavy (non-hydrogen) atoms. The molecule has 0 fully saturated rings. The molecule has 1 aromatic rings. The number of amides is 2. The lowest BCUT2D eigenvalue weighted by atomic mass is 10.1. The Bertz CT molecular complexity index is 490. The highest BCUT2D eigenvalue weighted by molar-refractivity contribution is 6.15. The van der Waals surface area contributed by atoms with Crippen LogP contribution in [0.25, 0.3) is 0 Å². The molecule has 114 valence electrons. The van der Waals surface area contributed by atoms with Crippen molar-refractivity contribution < 1.29 is 9.59 Å². The fraction of sp³-hybridized carbons (Fsp3) is 0.529. The summed E-state index contributed by atoms with van der Waals surface area (Å²) in [4.78, 5) is 28.4. The molecule has 0 bridgehead atoms. The first-order valence-electron chi connectivity index (χ1n) is 7.60. The minimum Gasteiger partial charge on any atom is -0.310 e. The van der Waals surface area contributed by atoms with Gasteiger partial charge in [-0.15, -0.1) is 0 Å². The second-order valence-corrected chi connectivity index (χ2v) is 6.46. The zero-order valence-corrected chi connectivity index (χ0v) is 13.3. The van der Waals surface area contributed by atoms with E-state index < -0.39 is 0 Å². The first-order chi connectivity index (χ1) is 9.90. The van der Waals surface area contributed by atoms with Crippen LogP contribution in [0.4, 0.5) is 11.4 Å². The lowest BCUT2D eigenvalue weighted by Crippen LogP contribution is -2.36. The number of rotatable bonds is 4. The van der Waals surface area contributed by atoms with E-state index in [0.717, 1.165) is 11.4 Å². The molecule has 0 spiro atoms. The molecule has 0 N–H and O–H groups in total. The maximum atomic E-state index is 12.4. The van der Waals surface area contributed by atoms with Gasteiger partial charge in [-0.05, 0) is 24.0 Å². The predicted octanol–water partition coefficient (Wildman–Crippen LogP) is 3.07. The van der Waals surface area contributed by atoms with E-state index >= 15 is 0 Å². The van der Waals surface area contributed by atoms with Crippen molar-refractivity contribution in [1.82, 2.24) is 0 Å². The molecule has 2 rings (SSSR count). The summed E-state index contributed by atoms with van der Waals surface area (Å²) in [5.74, 6) is 0.502. The molecule has 0 unspecified atom stereocenters. The standard InChI is InChI=1S/C17H24N2O2/c1-12(2)10-18-14-7-5-6-8-15(14)19(11-13(3)4)17(21)9-16(18)20/h5-8,12-13H,9-11H2,1-4H3. The molecule has 1 aliphatic rings. The number of anilines is 2. The van der Waals surface area contributed by atoms with Crippen LogP contribution in [0.15, 0.2) is 24.3 Å². The van der Waals surface area contributed by atoms with Gasteiger partial charge in [-0.2, -0.15) is 0 Å². The maximum Gasteiger partial charge on any atom is 0.236 e. The van der Waals surface area contributed by atoms with E-state index in [0.29, 0.717) is 24.9 Å². The lowest BCUT2D eigenvalue weighted by molar-refractivity contribution is -0.126. The Kier molecular flexibility index (Phi) is 4.66. The van der Waals surface area contributed by atoms with E-state index in [1.54, 1.807) is 9.80 Å². The molecule has 1 aromatic carbocycles. The normalized spacial score (nSPS) is 15.7. The van der Waals surface area contributed by atoms with Gasteiger partial charge in [-0.25, -0.2) is 0 Å². The average Bonchev–Trinajstić information content (AvgIpc) is 2.49. The summed E-state index contributed by atoms with van der Waals surface area (Å²) in [6.45, 7) is 9.59. The third kappa shape index (κ3) is 3.43. The number of para-hydroxylation sites is 2. The molecule has 4 nitrogen and oxygen atoms in total. The van der Waals surface area contributed by atoms with Crippen LogP contribution in [0.2, 0.25) is 0 Å². The fourth-order valence-electron chi connectivity index (χ4n) is 2.64. The zero-order chi connectivity index (χ0) is 15.6. The summed E-state index contributed by atoms with van der Waals surface area (Å²) in [5, 5.41) is 0. The molecule has 0 aliphatic carbocycles. The summed E-state index contributed by atoms with van der Waals surface area (Å²) in [6.07, 6.45) is -0.0475. The first kappa shape index (κ1) is 15.5. The highest BCUT2D eigenvalue weighted by atomic mass is 16.2. The van der Waals surface area contributed by atoms with Crippen molar-refractivity contribution in [3.8, 4) is 0 Å². The van der Waals surface area contributed by atoms with E-state index in [9.17, 15) is 9.59 Å². The predicted molar refractivity (Wildman–Crippen MR) is 85.4 cm³/mol. The Morgan fingerprint density at radius 1 is 0.857 bits per heavy atom. The highest BCUT2D eigenvalue weighted by Crippen LogP contribution is 2.34. The van der Waals surface area contributed by atoms with Gasteiger partial charge in [0.25, 0.3) is 0 Å². The number of carbonyl (C=O) groups is 2. The zero-order valence-electron chi connectivity index (χ0n) is 13.3.